The molecule has 0 unspecified atom stereocenters. The number of rotatable bonds is 8. The van der Waals surface area contributed by atoms with Crippen molar-refractivity contribution in [3.8, 4) is 0 Å². The SMILES string of the molecule is O=C(NCCCOC1CCCCC1)[C@H]1CCCN(S(=O)(=O)c2ccc(F)cc2)C1. The van der Waals surface area contributed by atoms with E-state index in [1.54, 1.807) is 0 Å². The summed E-state index contributed by atoms with van der Waals surface area (Å²) in [4.78, 5) is 12.5. The highest BCUT2D eigenvalue weighted by Gasteiger charge is 2.33. The predicted molar refractivity (Wildman–Crippen MR) is 108 cm³/mol. The van der Waals surface area contributed by atoms with Gasteiger partial charge in [0, 0.05) is 26.2 Å². The molecule has 1 atom stereocenters. The zero-order chi connectivity index (χ0) is 20.7. The quantitative estimate of drug-likeness (QED) is 0.648. The lowest BCUT2D eigenvalue weighted by Gasteiger charge is -2.31. The molecule has 1 aromatic carbocycles. The fraction of sp³-hybridized carbons (Fsp3) is 0.667. The minimum Gasteiger partial charge on any atom is -0.378 e. The summed E-state index contributed by atoms with van der Waals surface area (Å²) in [6.07, 6.45) is 8.45. The van der Waals surface area contributed by atoms with Gasteiger partial charge in [0.1, 0.15) is 5.82 Å². The van der Waals surface area contributed by atoms with Gasteiger partial charge in [-0.1, -0.05) is 19.3 Å². The number of ether oxygens (including phenoxy) is 1. The van der Waals surface area contributed by atoms with E-state index in [2.05, 4.69) is 5.32 Å². The number of nitrogens with one attached hydrogen (secondary N) is 1. The summed E-state index contributed by atoms with van der Waals surface area (Å²) in [6, 6.07) is 4.80. The van der Waals surface area contributed by atoms with Crippen molar-refractivity contribution >= 4 is 15.9 Å². The number of benzene rings is 1. The van der Waals surface area contributed by atoms with Crippen molar-refractivity contribution in [1.29, 1.82) is 0 Å². The molecule has 1 saturated heterocycles. The normalized spacial score (nSPS) is 21.8. The second-order valence-corrected chi connectivity index (χ2v) is 9.87. The summed E-state index contributed by atoms with van der Waals surface area (Å²) >= 11 is 0. The summed E-state index contributed by atoms with van der Waals surface area (Å²) in [5.41, 5.74) is 0. The summed E-state index contributed by atoms with van der Waals surface area (Å²) < 4.78 is 45.8. The van der Waals surface area contributed by atoms with Crippen molar-refractivity contribution in [2.45, 2.75) is 62.4 Å². The highest BCUT2D eigenvalue weighted by molar-refractivity contribution is 7.89. The van der Waals surface area contributed by atoms with E-state index in [4.69, 9.17) is 4.74 Å². The van der Waals surface area contributed by atoms with Gasteiger partial charge < -0.3 is 10.1 Å². The van der Waals surface area contributed by atoms with E-state index in [0.717, 1.165) is 31.4 Å². The lowest BCUT2D eigenvalue weighted by atomic mass is 9.98. The summed E-state index contributed by atoms with van der Waals surface area (Å²) in [7, 11) is -3.72. The van der Waals surface area contributed by atoms with Crippen molar-refractivity contribution in [2.75, 3.05) is 26.2 Å². The summed E-state index contributed by atoms with van der Waals surface area (Å²) in [5, 5.41) is 2.92. The van der Waals surface area contributed by atoms with Crippen LogP contribution in [0.1, 0.15) is 51.4 Å². The smallest absolute Gasteiger partial charge is 0.243 e. The molecule has 2 fully saturated rings. The van der Waals surface area contributed by atoms with E-state index in [0.29, 0.717) is 38.6 Å². The van der Waals surface area contributed by atoms with Crippen molar-refractivity contribution in [1.82, 2.24) is 9.62 Å². The Morgan fingerprint density at radius 2 is 1.83 bits per heavy atom. The predicted octanol–water partition coefficient (Wildman–Crippen LogP) is 3.08. The lowest BCUT2D eigenvalue weighted by Crippen LogP contribution is -2.45. The molecule has 1 amide bonds. The van der Waals surface area contributed by atoms with E-state index >= 15 is 0 Å². The molecule has 3 rings (SSSR count). The topological polar surface area (TPSA) is 75.7 Å². The molecule has 1 N–H and O–H groups in total. The molecule has 8 heteroatoms. The maximum atomic E-state index is 13.1. The molecule has 0 spiro atoms. The van der Waals surface area contributed by atoms with Crippen LogP contribution in [0.2, 0.25) is 0 Å². The van der Waals surface area contributed by atoms with E-state index < -0.39 is 15.8 Å². The van der Waals surface area contributed by atoms with Crippen LogP contribution in [-0.2, 0) is 19.6 Å². The highest BCUT2D eigenvalue weighted by atomic mass is 32.2. The standard InChI is InChI=1S/C21H31FN2O4S/c22-18-9-11-20(12-10-18)29(26,27)24-14-4-6-17(16-24)21(25)23-13-5-15-28-19-7-2-1-3-8-19/h9-12,17,19H,1-8,13-16H2,(H,23,25)/t17-/m0/s1. The van der Waals surface area contributed by atoms with Crippen LogP contribution in [0.4, 0.5) is 4.39 Å². The minimum atomic E-state index is -3.72. The first-order chi connectivity index (χ1) is 14.0. The molecular weight excluding hydrogens is 395 g/mol. The molecule has 29 heavy (non-hydrogen) atoms. The number of hydrogen-bond acceptors (Lipinski definition) is 4. The van der Waals surface area contributed by atoms with E-state index in [1.165, 1.54) is 35.7 Å². The van der Waals surface area contributed by atoms with Gasteiger partial charge in [0.2, 0.25) is 15.9 Å². The molecule has 1 aliphatic carbocycles. The molecule has 0 radical (unpaired) electrons. The molecular formula is C21H31FN2O4S. The average Bonchev–Trinajstić information content (AvgIpc) is 2.74. The second kappa shape index (κ2) is 10.5. The molecule has 1 aromatic rings. The number of amides is 1. The number of carbonyl (C=O) groups excluding carboxylic acids is 1. The van der Waals surface area contributed by atoms with Gasteiger partial charge in [0.15, 0.2) is 0 Å². The summed E-state index contributed by atoms with van der Waals surface area (Å²) in [6.45, 7) is 1.70. The van der Waals surface area contributed by atoms with Crippen LogP contribution < -0.4 is 5.32 Å². The third-order valence-corrected chi connectivity index (χ3v) is 7.61. The van der Waals surface area contributed by atoms with Crippen LogP contribution in [-0.4, -0.2) is 51.0 Å². The number of sulfonamides is 1. The van der Waals surface area contributed by atoms with Crippen molar-refractivity contribution < 1.29 is 22.3 Å². The molecule has 1 saturated carbocycles. The highest BCUT2D eigenvalue weighted by Crippen LogP contribution is 2.24. The zero-order valence-corrected chi connectivity index (χ0v) is 17.6. The first-order valence-corrected chi connectivity index (χ1v) is 12.1. The Kier molecular flexibility index (Phi) is 8.03. The Balaban J connectivity index is 1.43. The molecule has 6 nitrogen and oxygen atoms in total. The van der Waals surface area contributed by atoms with E-state index in [1.807, 2.05) is 0 Å². The van der Waals surface area contributed by atoms with Crippen molar-refractivity contribution in [3.63, 3.8) is 0 Å². The minimum absolute atomic E-state index is 0.0554. The fourth-order valence-electron chi connectivity index (χ4n) is 4.04. The maximum absolute atomic E-state index is 13.1. The third-order valence-electron chi connectivity index (χ3n) is 5.73. The Labute approximate surface area is 172 Å². The molecule has 1 aliphatic heterocycles. The Morgan fingerprint density at radius 1 is 1.10 bits per heavy atom. The van der Waals surface area contributed by atoms with Gasteiger partial charge in [0.25, 0.3) is 0 Å². The van der Waals surface area contributed by atoms with Gasteiger partial charge in [0.05, 0.1) is 16.9 Å². The maximum Gasteiger partial charge on any atom is 0.243 e. The van der Waals surface area contributed by atoms with Gasteiger partial charge in [-0.3, -0.25) is 4.79 Å². The van der Waals surface area contributed by atoms with Crippen LogP contribution >= 0.6 is 0 Å². The second-order valence-electron chi connectivity index (χ2n) is 7.93. The Hall–Kier alpha value is -1.51. The number of carbonyl (C=O) groups is 1. The largest absolute Gasteiger partial charge is 0.378 e. The monoisotopic (exact) mass is 426 g/mol. The first-order valence-electron chi connectivity index (χ1n) is 10.6. The zero-order valence-electron chi connectivity index (χ0n) is 16.8. The van der Waals surface area contributed by atoms with Gasteiger partial charge in [-0.25, -0.2) is 12.8 Å². The number of halogens is 1. The number of nitrogens with zero attached hydrogens (tertiary/aromatic N) is 1. The molecule has 1 heterocycles. The lowest BCUT2D eigenvalue weighted by molar-refractivity contribution is -0.126. The number of piperidine rings is 1. The van der Waals surface area contributed by atoms with Crippen LogP contribution in [0.5, 0.6) is 0 Å². The molecule has 0 bridgehead atoms. The average molecular weight is 427 g/mol. The molecule has 162 valence electrons. The van der Waals surface area contributed by atoms with E-state index in [-0.39, 0.29) is 23.3 Å². The van der Waals surface area contributed by atoms with Crippen LogP contribution in [0, 0.1) is 11.7 Å². The first kappa shape index (κ1) is 22.2. The van der Waals surface area contributed by atoms with Crippen LogP contribution in [0.3, 0.4) is 0 Å². The number of hydrogen-bond donors (Lipinski definition) is 1. The molecule has 0 aromatic heterocycles. The van der Waals surface area contributed by atoms with Crippen molar-refractivity contribution in [2.24, 2.45) is 5.92 Å². The van der Waals surface area contributed by atoms with Gasteiger partial charge in [-0.05, 0) is 56.4 Å². The third kappa shape index (κ3) is 6.23. The van der Waals surface area contributed by atoms with Gasteiger partial charge in [-0.2, -0.15) is 4.31 Å². The Morgan fingerprint density at radius 3 is 2.55 bits per heavy atom. The van der Waals surface area contributed by atoms with Crippen LogP contribution in [0.25, 0.3) is 0 Å². The van der Waals surface area contributed by atoms with Crippen LogP contribution in [0.15, 0.2) is 29.2 Å². The fourth-order valence-corrected chi connectivity index (χ4v) is 5.56. The summed E-state index contributed by atoms with van der Waals surface area (Å²) in [5.74, 6) is -0.952. The van der Waals surface area contributed by atoms with E-state index in [9.17, 15) is 17.6 Å². The van der Waals surface area contributed by atoms with Gasteiger partial charge in [-0.15, -0.1) is 0 Å². The van der Waals surface area contributed by atoms with Crippen molar-refractivity contribution in [3.05, 3.63) is 30.1 Å². The molecule has 2 aliphatic rings. The van der Waals surface area contributed by atoms with Gasteiger partial charge >= 0.3 is 0 Å². The Bertz CT molecular complexity index is 763.